The number of piperazine rings is 2. The van der Waals surface area contributed by atoms with Gasteiger partial charge in [0.05, 0.1) is 20.8 Å². The molecule has 184 valence electrons. The molecule has 2 N–H and O–H groups in total. The van der Waals surface area contributed by atoms with E-state index in [1.54, 1.807) is 37.3 Å². The van der Waals surface area contributed by atoms with E-state index in [2.05, 4.69) is 30.2 Å². The van der Waals surface area contributed by atoms with Gasteiger partial charge in [0.15, 0.2) is 11.6 Å². The minimum absolute atomic E-state index is 0.156. The summed E-state index contributed by atoms with van der Waals surface area (Å²) in [4.78, 5) is 21.2. The van der Waals surface area contributed by atoms with E-state index in [0.717, 1.165) is 44.4 Å². The SMILES string of the molecule is COc1cc(NC(=O)N2CCN(c3ccc(N4CCN(CCO)CC4)nn3)CC2)cc(OC)c1. The minimum atomic E-state index is -0.156. The third-order valence-corrected chi connectivity index (χ3v) is 6.24. The number of β-amino-alcohol motifs (C(OH)–C–C–N with tert-alkyl or cyclic N) is 1. The summed E-state index contributed by atoms with van der Waals surface area (Å²) < 4.78 is 10.5. The van der Waals surface area contributed by atoms with Crippen molar-refractivity contribution in [3.05, 3.63) is 30.3 Å². The van der Waals surface area contributed by atoms with Crippen LogP contribution in [0.4, 0.5) is 22.1 Å². The second kappa shape index (κ2) is 11.2. The van der Waals surface area contributed by atoms with Crippen LogP contribution < -0.4 is 24.6 Å². The second-order valence-corrected chi connectivity index (χ2v) is 8.31. The van der Waals surface area contributed by atoms with E-state index < -0.39 is 0 Å². The lowest BCUT2D eigenvalue weighted by Gasteiger charge is -2.36. The molecule has 11 heteroatoms. The molecule has 1 aromatic carbocycles. The third-order valence-electron chi connectivity index (χ3n) is 6.24. The first kappa shape index (κ1) is 23.8. The Morgan fingerprint density at radius 3 is 1.88 bits per heavy atom. The lowest BCUT2D eigenvalue weighted by atomic mass is 10.2. The Labute approximate surface area is 199 Å². The maximum atomic E-state index is 12.8. The van der Waals surface area contributed by atoms with E-state index in [0.29, 0.717) is 43.4 Å². The van der Waals surface area contributed by atoms with Crippen LogP contribution in [-0.2, 0) is 0 Å². The van der Waals surface area contributed by atoms with Crippen molar-refractivity contribution in [3.8, 4) is 11.5 Å². The number of anilines is 3. The lowest BCUT2D eigenvalue weighted by molar-refractivity contribution is 0.188. The van der Waals surface area contributed by atoms with E-state index >= 15 is 0 Å². The van der Waals surface area contributed by atoms with Crippen molar-refractivity contribution in [2.45, 2.75) is 0 Å². The molecule has 0 saturated carbocycles. The Balaban J connectivity index is 1.28. The number of aromatic nitrogens is 2. The van der Waals surface area contributed by atoms with E-state index in [4.69, 9.17) is 14.6 Å². The highest BCUT2D eigenvalue weighted by Crippen LogP contribution is 2.26. The highest BCUT2D eigenvalue weighted by Gasteiger charge is 2.23. The number of ether oxygens (including phenoxy) is 2. The number of nitrogens with one attached hydrogen (secondary N) is 1. The van der Waals surface area contributed by atoms with Crippen molar-refractivity contribution >= 4 is 23.4 Å². The molecular formula is C23H33N7O4. The van der Waals surface area contributed by atoms with Crippen LogP contribution in [0.3, 0.4) is 0 Å². The maximum Gasteiger partial charge on any atom is 0.321 e. The van der Waals surface area contributed by atoms with Crippen molar-refractivity contribution in [2.24, 2.45) is 0 Å². The fourth-order valence-electron chi connectivity index (χ4n) is 4.22. The molecular weight excluding hydrogens is 438 g/mol. The van der Waals surface area contributed by atoms with E-state index in [1.165, 1.54) is 0 Å². The predicted molar refractivity (Wildman–Crippen MR) is 130 cm³/mol. The fourth-order valence-corrected chi connectivity index (χ4v) is 4.22. The molecule has 34 heavy (non-hydrogen) atoms. The molecule has 2 aliphatic rings. The van der Waals surface area contributed by atoms with Crippen molar-refractivity contribution in [3.63, 3.8) is 0 Å². The Kier molecular flexibility index (Phi) is 7.86. The van der Waals surface area contributed by atoms with Gasteiger partial charge in [-0.05, 0) is 12.1 Å². The van der Waals surface area contributed by atoms with Crippen molar-refractivity contribution < 1.29 is 19.4 Å². The molecule has 0 aliphatic carbocycles. The van der Waals surface area contributed by atoms with Gasteiger partial charge in [0, 0.05) is 82.8 Å². The van der Waals surface area contributed by atoms with Crippen LogP contribution in [-0.4, -0.2) is 111 Å². The molecule has 2 aliphatic heterocycles. The summed E-state index contributed by atoms with van der Waals surface area (Å²) in [5, 5.41) is 20.9. The monoisotopic (exact) mass is 471 g/mol. The molecule has 0 radical (unpaired) electrons. The molecule has 3 heterocycles. The van der Waals surface area contributed by atoms with Crippen LogP contribution in [0.1, 0.15) is 0 Å². The lowest BCUT2D eigenvalue weighted by Crippen LogP contribution is -2.50. The van der Waals surface area contributed by atoms with E-state index in [-0.39, 0.29) is 12.6 Å². The highest BCUT2D eigenvalue weighted by atomic mass is 16.5. The number of hydrogen-bond donors (Lipinski definition) is 2. The summed E-state index contributed by atoms with van der Waals surface area (Å²) in [5.41, 5.74) is 0.627. The van der Waals surface area contributed by atoms with Crippen LogP contribution in [0.25, 0.3) is 0 Å². The smallest absolute Gasteiger partial charge is 0.321 e. The van der Waals surface area contributed by atoms with Gasteiger partial charge in [0.25, 0.3) is 0 Å². The first-order valence-corrected chi connectivity index (χ1v) is 11.6. The zero-order chi connectivity index (χ0) is 23.9. The number of aliphatic hydroxyl groups excluding tert-OH is 1. The number of methoxy groups -OCH3 is 2. The fraction of sp³-hybridized carbons (Fsp3) is 0.522. The van der Waals surface area contributed by atoms with E-state index in [9.17, 15) is 4.79 Å². The van der Waals surface area contributed by atoms with Crippen LogP contribution in [0, 0.1) is 0 Å². The molecule has 1 aromatic heterocycles. The molecule has 0 atom stereocenters. The number of hydrogen-bond acceptors (Lipinski definition) is 9. The van der Waals surface area contributed by atoms with Gasteiger partial charge in [-0.1, -0.05) is 0 Å². The Hall–Kier alpha value is -3.31. The molecule has 2 fully saturated rings. The number of carbonyl (C=O) groups excluding carboxylic acids is 1. The summed E-state index contributed by atoms with van der Waals surface area (Å²) in [5.74, 6) is 2.93. The van der Waals surface area contributed by atoms with Gasteiger partial charge in [-0.25, -0.2) is 4.79 Å². The maximum absolute atomic E-state index is 12.8. The molecule has 2 aromatic rings. The quantitative estimate of drug-likeness (QED) is 0.611. The number of nitrogens with zero attached hydrogens (tertiary/aromatic N) is 6. The van der Waals surface area contributed by atoms with Crippen LogP contribution in [0.2, 0.25) is 0 Å². The van der Waals surface area contributed by atoms with Crippen LogP contribution >= 0.6 is 0 Å². The standard InChI is InChI=1S/C23H33N7O4/c1-33-19-15-18(16-20(17-19)34-2)24-23(32)30-11-9-29(10-12-30)22-4-3-21(25-26-22)28-7-5-27(6-8-28)13-14-31/h3-4,15-17,31H,5-14H2,1-2H3,(H,24,32). The second-order valence-electron chi connectivity index (χ2n) is 8.31. The molecule has 0 bridgehead atoms. The number of benzene rings is 1. The van der Waals surface area contributed by atoms with Crippen LogP contribution in [0.5, 0.6) is 11.5 Å². The summed E-state index contributed by atoms with van der Waals surface area (Å²) >= 11 is 0. The Morgan fingerprint density at radius 1 is 0.882 bits per heavy atom. The minimum Gasteiger partial charge on any atom is -0.497 e. The van der Waals surface area contributed by atoms with Crippen molar-refractivity contribution in [1.82, 2.24) is 20.0 Å². The van der Waals surface area contributed by atoms with Gasteiger partial charge in [-0.15, -0.1) is 10.2 Å². The Morgan fingerprint density at radius 2 is 1.41 bits per heavy atom. The number of urea groups is 1. The summed E-state index contributed by atoms with van der Waals surface area (Å²) in [6, 6.07) is 9.15. The Bertz CT molecular complexity index is 921. The first-order chi connectivity index (χ1) is 16.6. The van der Waals surface area contributed by atoms with Gasteiger partial charge >= 0.3 is 6.03 Å². The number of carbonyl (C=O) groups is 1. The zero-order valence-electron chi connectivity index (χ0n) is 19.8. The predicted octanol–water partition coefficient (Wildman–Crippen LogP) is 0.962. The number of aliphatic hydroxyl groups is 1. The molecule has 0 spiro atoms. The van der Waals surface area contributed by atoms with Gasteiger partial charge in [-0.3, -0.25) is 4.90 Å². The molecule has 2 saturated heterocycles. The average molecular weight is 472 g/mol. The molecule has 4 rings (SSSR count). The van der Waals surface area contributed by atoms with Gasteiger partial charge in [0.1, 0.15) is 11.5 Å². The molecule has 11 nitrogen and oxygen atoms in total. The van der Waals surface area contributed by atoms with Gasteiger partial charge in [-0.2, -0.15) is 0 Å². The normalized spacial score (nSPS) is 17.0. The van der Waals surface area contributed by atoms with Gasteiger partial charge in [0.2, 0.25) is 0 Å². The zero-order valence-corrected chi connectivity index (χ0v) is 19.8. The average Bonchev–Trinajstić information content (AvgIpc) is 2.89. The van der Waals surface area contributed by atoms with Gasteiger partial charge < -0.3 is 34.6 Å². The largest absolute Gasteiger partial charge is 0.497 e. The molecule has 2 amide bonds. The summed E-state index contributed by atoms with van der Waals surface area (Å²) in [6.07, 6.45) is 0. The van der Waals surface area contributed by atoms with Crippen LogP contribution in [0.15, 0.2) is 30.3 Å². The summed E-state index contributed by atoms with van der Waals surface area (Å²) in [6.45, 7) is 7.03. The van der Waals surface area contributed by atoms with E-state index in [1.807, 2.05) is 12.1 Å². The number of rotatable bonds is 7. The number of amides is 2. The van der Waals surface area contributed by atoms with Crippen molar-refractivity contribution in [2.75, 3.05) is 94.8 Å². The highest BCUT2D eigenvalue weighted by molar-refractivity contribution is 5.90. The first-order valence-electron chi connectivity index (χ1n) is 11.6. The topological polar surface area (TPSA) is 107 Å². The molecule has 0 unspecified atom stereocenters. The third kappa shape index (κ3) is 5.78. The van der Waals surface area contributed by atoms with Crippen molar-refractivity contribution in [1.29, 1.82) is 0 Å². The summed E-state index contributed by atoms with van der Waals surface area (Å²) in [7, 11) is 3.16.